The third kappa shape index (κ3) is 6.40. The molecule has 0 aromatic rings. The minimum Gasteiger partial charge on any atom is -0.396 e. The largest absolute Gasteiger partial charge is 0.396 e. The first-order chi connectivity index (χ1) is 7.72. The second-order valence-electron chi connectivity index (χ2n) is 4.12. The number of unbranched alkanes of at least 4 members (excludes halogenated alkanes) is 1. The van der Waals surface area contributed by atoms with Crippen LogP contribution in [0.1, 0.15) is 38.5 Å². The summed E-state index contributed by atoms with van der Waals surface area (Å²) in [5, 5.41) is 14.1. The summed E-state index contributed by atoms with van der Waals surface area (Å²) in [5.41, 5.74) is 0. The second kappa shape index (κ2) is 7.22. The SMILES string of the molecule is O=C(CCCCO)NCCC(=O)NC1CC1. The molecule has 0 heterocycles. The number of aliphatic hydroxyl groups excluding tert-OH is 1. The van der Waals surface area contributed by atoms with Crippen molar-refractivity contribution in [2.75, 3.05) is 13.2 Å². The third-order valence-electron chi connectivity index (χ3n) is 2.43. The van der Waals surface area contributed by atoms with Gasteiger partial charge in [-0.3, -0.25) is 9.59 Å². The van der Waals surface area contributed by atoms with Gasteiger partial charge in [-0.15, -0.1) is 0 Å². The number of nitrogens with one attached hydrogen (secondary N) is 2. The van der Waals surface area contributed by atoms with Crippen LogP contribution in [0.3, 0.4) is 0 Å². The Bertz CT molecular complexity index is 239. The minimum absolute atomic E-state index is 0.0122. The van der Waals surface area contributed by atoms with E-state index in [2.05, 4.69) is 10.6 Å². The quantitative estimate of drug-likeness (QED) is 0.509. The van der Waals surface area contributed by atoms with E-state index in [0.29, 0.717) is 38.3 Å². The number of carbonyl (C=O) groups is 2. The zero-order chi connectivity index (χ0) is 11.8. The summed E-state index contributed by atoms with van der Waals surface area (Å²) in [5.74, 6) is -0.0363. The molecule has 0 radical (unpaired) electrons. The van der Waals surface area contributed by atoms with Crippen molar-refractivity contribution in [3.63, 3.8) is 0 Å². The second-order valence-corrected chi connectivity index (χ2v) is 4.12. The van der Waals surface area contributed by atoms with Gasteiger partial charge in [-0.05, 0) is 25.7 Å². The first-order valence-corrected chi connectivity index (χ1v) is 5.89. The Kier molecular flexibility index (Phi) is 5.85. The molecule has 5 nitrogen and oxygen atoms in total. The topological polar surface area (TPSA) is 78.4 Å². The molecule has 92 valence electrons. The lowest BCUT2D eigenvalue weighted by Gasteiger charge is -2.05. The molecule has 2 amide bonds. The van der Waals surface area contributed by atoms with Crippen LogP contribution in [0.15, 0.2) is 0 Å². The van der Waals surface area contributed by atoms with Crippen LogP contribution >= 0.6 is 0 Å². The van der Waals surface area contributed by atoms with E-state index in [1.54, 1.807) is 0 Å². The third-order valence-corrected chi connectivity index (χ3v) is 2.43. The maximum absolute atomic E-state index is 11.2. The van der Waals surface area contributed by atoms with E-state index in [9.17, 15) is 9.59 Å². The maximum atomic E-state index is 11.2. The maximum Gasteiger partial charge on any atom is 0.221 e. The molecule has 0 spiro atoms. The van der Waals surface area contributed by atoms with Crippen molar-refractivity contribution in [1.82, 2.24) is 10.6 Å². The predicted molar refractivity (Wildman–Crippen MR) is 59.7 cm³/mol. The molecule has 5 heteroatoms. The van der Waals surface area contributed by atoms with Gasteiger partial charge in [0.05, 0.1) is 0 Å². The van der Waals surface area contributed by atoms with Crippen LogP contribution in [0.4, 0.5) is 0 Å². The van der Waals surface area contributed by atoms with Crippen LogP contribution in [-0.4, -0.2) is 36.1 Å². The molecule has 1 aliphatic rings. The van der Waals surface area contributed by atoms with Crippen LogP contribution in [0.2, 0.25) is 0 Å². The van der Waals surface area contributed by atoms with Gasteiger partial charge >= 0.3 is 0 Å². The van der Waals surface area contributed by atoms with Gasteiger partial charge in [0.2, 0.25) is 11.8 Å². The summed E-state index contributed by atoms with van der Waals surface area (Å²) >= 11 is 0. The van der Waals surface area contributed by atoms with E-state index >= 15 is 0 Å². The number of hydrogen-bond donors (Lipinski definition) is 3. The standard InChI is InChI=1S/C11H20N2O3/c14-8-2-1-3-10(15)12-7-6-11(16)13-9-4-5-9/h9,14H,1-8H2,(H,12,15)(H,13,16). The van der Waals surface area contributed by atoms with Crippen molar-refractivity contribution in [3.8, 4) is 0 Å². The van der Waals surface area contributed by atoms with Crippen LogP contribution in [0.25, 0.3) is 0 Å². The zero-order valence-electron chi connectivity index (χ0n) is 9.50. The Labute approximate surface area is 95.6 Å². The van der Waals surface area contributed by atoms with Crippen LogP contribution in [0.5, 0.6) is 0 Å². The Morgan fingerprint density at radius 3 is 2.50 bits per heavy atom. The minimum atomic E-state index is -0.0485. The number of aliphatic hydroxyl groups is 1. The molecule has 1 aliphatic carbocycles. The lowest BCUT2D eigenvalue weighted by molar-refractivity contribution is -0.122. The smallest absolute Gasteiger partial charge is 0.221 e. The van der Waals surface area contributed by atoms with E-state index in [-0.39, 0.29) is 18.4 Å². The zero-order valence-corrected chi connectivity index (χ0v) is 9.50. The van der Waals surface area contributed by atoms with Crippen molar-refractivity contribution in [3.05, 3.63) is 0 Å². The summed E-state index contributed by atoms with van der Waals surface area (Å²) in [6.45, 7) is 0.521. The first kappa shape index (κ1) is 13.0. The fourth-order valence-electron chi connectivity index (χ4n) is 1.33. The van der Waals surface area contributed by atoms with E-state index in [4.69, 9.17) is 5.11 Å². The fraction of sp³-hybridized carbons (Fsp3) is 0.818. The van der Waals surface area contributed by atoms with E-state index in [0.717, 1.165) is 12.8 Å². The van der Waals surface area contributed by atoms with Crippen molar-refractivity contribution in [2.24, 2.45) is 0 Å². The van der Waals surface area contributed by atoms with Crippen molar-refractivity contribution >= 4 is 11.8 Å². The highest BCUT2D eigenvalue weighted by Gasteiger charge is 2.22. The van der Waals surface area contributed by atoms with Crippen LogP contribution in [0, 0.1) is 0 Å². The summed E-state index contributed by atoms with van der Waals surface area (Å²) in [6, 6.07) is 0.382. The molecule has 0 saturated heterocycles. The summed E-state index contributed by atoms with van der Waals surface area (Å²) in [7, 11) is 0. The Balaban J connectivity index is 1.92. The monoisotopic (exact) mass is 228 g/mol. The Hall–Kier alpha value is -1.10. The summed E-state index contributed by atoms with van der Waals surface area (Å²) < 4.78 is 0. The van der Waals surface area contributed by atoms with Crippen LogP contribution < -0.4 is 10.6 Å². The molecule has 0 aromatic heterocycles. The van der Waals surface area contributed by atoms with Gasteiger partial charge in [0, 0.05) is 32.0 Å². The highest BCUT2D eigenvalue weighted by molar-refractivity contribution is 5.79. The van der Waals surface area contributed by atoms with Gasteiger partial charge < -0.3 is 15.7 Å². The van der Waals surface area contributed by atoms with Gasteiger partial charge in [0.15, 0.2) is 0 Å². The highest BCUT2D eigenvalue weighted by atomic mass is 16.3. The molecule has 16 heavy (non-hydrogen) atoms. The first-order valence-electron chi connectivity index (χ1n) is 5.89. The molecular formula is C11H20N2O3. The van der Waals surface area contributed by atoms with Crippen molar-refractivity contribution in [1.29, 1.82) is 0 Å². The summed E-state index contributed by atoms with van der Waals surface area (Å²) in [6.07, 6.45) is 4.28. The fourth-order valence-corrected chi connectivity index (χ4v) is 1.33. The van der Waals surface area contributed by atoms with E-state index < -0.39 is 0 Å². The van der Waals surface area contributed by atoms with Gasteiger partial charge in [0.25, 0.3) is 0 Å². The average molecular weight is 228 g/mol. The molecule has 3 N–H and O–H groups in total. The average Bonchev–Trinajstić information content (AvgIpc) is 3.02. The van der Waals surface area contributed by atoms with Crippen molar-refractivity contribution < 1.29 is 14.7 Å². The molecule has 0 bridgehead atoms. The Morgan fingerprint density at radius 2 is 1.88 bits per heavy atom. The number of amides is 2. The van der Waals surface area contributed by atoms with Gasteiger partial charge in [-0.1, -0.05) is 0 Å². The molecule has 1 fully saturated rings. The molecule has 0 unspecified atom stereocenters. The molecule has 0 aliphatic heterocycles. The van der Waals surface area contributed by atoms with Crippen LogP contribution in [-0.2, 0) is 9.59 Å². The van der Waals surface area contributed by atoms with Gasteiger partial charge in [-0.25, -0.2) is 0 Å². The van der Waals surface area contributed by atoms with Gasteiger partial charge in [0.1, 0.15) is 0 Å². The lowest BCUT2D eigenvalue weighted by atomic mass is 10.2. The molecule has 1 rings (SSSR count). The number of hydrogen-bond acceptors (Lipinski definition) is 3. The normalized spacial score (nSPS) is 14.6. The predicted octanol–water partition coefficient (Wildman–Crippen LogP) is -0.0661. The number of rotatable bonds is 8. The van der Waals surface area contributed by atoms with E-state index in [1.165, 1.54) is 0 Å². The molecule has 0 atom stereocenters. The Morgan fingerprint density at radius 1 is 1.12 bits per heavy atom. The molecule has 1 saturated carbocycles. The van der Waals surface area contributed by atoms with Gasteiger partial charge in [-0.2, -0.15) is 0 Å². The summed E-state index contributed by atoms with van der Waals surface area (Å²) in [4.78, 5) is 22.4. The lowest BCUT2D eigenvalue weighted by Crippen LogP contribution is -2.31. The highest BCUT2D eigenvalue weighted by Crippen LogP contribution is 2.18. The van der Waals surface area contributed by atoms with E-state index in [1.807, 2.05) is 0 Å². The number of carbonyl (C=O) groups excluding carboxylic acids is 2. The molecule has 0 aromatic carbocycles. The molecular weight excluding hydrogens is 208 g/mol. The van der Waals surface area contributed by atoms with Crippen molar-refractivity contribution in [2.45, 2.75) is 44.6 Å².